The number of allylic oxidation sites excluding steroid dienone is 1. The van der Waals surface area contributed by atoms with Crippen LogP contribution in [0.1, 0.15) is 123 Å². The van der Waals surface area contributed by atoms with Crippen LogP contribution in [0, 0.1) is 56.7 Å². The smallest absolute Gasteiger partial charge is 0.338 e. The Hall–Kier alpha value is -1.57. The standard InChI is InChI=1S/C37H54O2/c1-24(2)26-16-19-34(5)22-23-36(7)27(31(26)34)14-15-29-35(6)20-18-30(39-32(38)25-12-10-9-11-13-25)33(3,4)28(35)17-21-37(29,36)8/h9-13,26-31H,1,14-23H2,2-8H3/t26-,27?,28-,29-,30+,31+,34-,35+,36-,37-/m1/s1. The maximum atomic E-state index is 13.1. The third-order valence-electron chi connectivity index (χ3n) is 14.7. The monoisotopic (exact) mass is 530 g/mol. The number of benzene rings is 1. The molecule has 0 heterocycles. The second-order valence-corrected chi connectivity index (χ2v) is 16.5. The van der Waals surface area contributed by atoms with E-state index in [0.29, 0.717) is 33.1 Å². The first kappa shape index (κ1) is 27.6. The summed E-state index contributed by atoms with van der Waals surface area (Å²) in [5.74, 6) is 3.57. The zero-order chi connectivity index (χ0) is 28.0. The van der Waals surface area contributed by atoms with Gasteiger partial charge < -0.3 is 4.74 Å². The molecule has 2 nitrogen and oxygen atoms in total. The molecule has 0 radical (unpaired) electrons. The lowest BCUT2D eigenvalue weighted by atomic mass is 9.32. The summed E-state index contributed by atoms with van der Waals surface area (Å²) in [5.41, 5.74) is 3.72. The number of hydrogen-bond donors (Lipinski definition) is 0. The third kappa shape index (κ3) is 3.74. The van der Waals surface area contributed by atoms with Crippen LogP contribution >= 0.6 is 0 Å². The van der Waals surface area contributed by atoms with Gasteiger partial charge in [0, 0.05) is 5.41 Å². The molecule has 1 aromatic carbocycles. The maximum Gasteiger partial charge on any atom is 0.338 e. The highest BCUT2D eigenvalue weighted by Gasteiger charge is 2.70. The van der Waals surface area contributed by atoms with E-state index >= 15 is 0 Å². The molecule has 1 aromatic rings. The molecule has 214 valence electrons. The first-order valence-electron chi connectivity index (χ1n) is 16.2. The van der Waals surface area contributed by atoms with Crippen molar-refractivity contribution in [1.82, 2.24) is 0 Å². The number of carbonyl (C=O) groups is 1. The van der Waals surface area contributed by atoms with Crippen LogP contribution < -0.4 is 0 Å². The van der Waals surface area contributed by atoms with Crippen LogP contribution in [0.3, 0.4) is 0 Å². The van der Waals surface area contributed by atoms with E-state index in [2.05, 4.69) is 55.0 Å². The van der Waals surface area contributed by atoms with E-state index in [4.69, 9.17) is 4.74 Å². The summed E-state index contributed by atoms with van der Waals surface area (Å²) >= 11 is 0. The van der Waals surface area contributed by atoms with E-state index in [0.717, 1.165) is 30.1 Å². The molecule has 5 aliphatic carbocycles. The fourth-order valence-electron chi connectivity index (χ4n) is 12.4. The van der Waals surface area contributed by atoms with Crippen molar-refractivity contribution in [3.8, 4) is 0 Å². The minimum Gasteiger partial charge on any atom is -0.458 e. The number of hydrogen-bond acceptors (Lipinski definition) is 2. The van der Waals surface area contributed by atoms with Crippen LogP contribution in [-0.2, 0) is 4.74 Å². The molecule has 5 saturated carbocycles. The number of ether oxygens (including phenoxy) is 1. The Labute approximate surface area is 238 Å². The summed E-state index contributed by atoms with van der Waals surface area (Å²) in [7, 11) is 0. The normalized spacial score (nSPS) is 48.2. The van der Waals surface area contributed by atoms with Gasteiger partial charge in [-0.05, 0) is 135 Å². The molecule has 0 amide bonds. The van der Waals surface area contributed by atoms with Gasteiger partial charge in [-0.1, -0.05) is 71.9 Å². The Morgan fingerprint density at radius 2 is 1.51 bits per heavy atom. The minimum absolute atomic E-state index is 0.00948. The van der Waals surface area contributed by atoms with Crippen LogP contribution in [0.25, 0.3) is 0 Å². The maximum absolute atomic E-state index is 13.1. The van der Waals surface area contributed by atoms with Gasteiger partial charge in [0.1, 0.15) is 6.10 Å². The fourth-order valence-corrected chi connectivity index (χ4v) is 12.4. The average molecular weight is 531 g/mol. The molecule has 0 spiro atoms. The lowest BCUT2D eigenvalue weighted by Gasteiger charge is -2.73. The molecule has 39 heavy (non-hydrogen) atoms. The summed E-state index contributed by atoms with van der Waals surface area (Å²) < 4.78 is 6.30. The second-order valence-electron chi connectivity index (χ2n) is 16.5. The predicted molar refractivity (Wildman–Crippen MR) is 160 cm³/mol. The molecule has 0 N–H and O–H groups in total. The predicted octanol–water partition coefficient (Wildman–Crippen LogP) is 9.89. The summed E-state index contributed by atoms with van der Waals surface area (Å²) in [6.45, 7) is 22.4. The van der Waals surface area contributed by atoms with Crippen molar-refractivity contribution < 1.29 is 9.53 Å². The van der Waals surface area contributed by atoms with Gasteiger partial charge >= 0.3 is 5.97 Å². The minimum atomic E-state index is -0.153. The molecule has 0 saturated heterocycles. The van der Waals surface area contributed by atoms with Crippen LogP contribution in [0.15, 0.2) is 42.5 Å². The highest BCUT2D eigenvalue weighted by molar-refractivity contribution is 5.89. The zero-order valence-electron chi connectivity index (χ0n) is 25.9. The fraction of sp³-hybridized carbons (Fsp3) is 0.757. The molecule has 6 rings (SSSR count). The Morgan fingerprint density at radius 3 is 2.21 bits per heavy atom. The zero-order valence-corrected chi connectivity index (χ0v) is 25.9. The number of rotatable bonds is 3. The summed E-state index contributed by atoms with van der Waals surface area (Å²) in [4.78, 5) is 13.1. The average Bonchev–Trinajstić information content (AvgIpc) is 3.24. The van der Waals surface area contributed by atoms with E-state index in [-0.39, 0.29) is 17.5 Å². The van der Waals surface area contributed by atoms with E-state index < -0.39 is 0 Å². The molecular weight excluding hydrogens is 476 g/mol. The number of esters is 1. The molecule has 0 bridgehead atoms. The molecule has 5 aliphatic rings. The molecular formula is C37H54O2. The Morgan fingerprint density at radius 1 is 0.795 bits per heavy atom. The Balaban J connectivity index is 1.28. The Bertz CT molecular complexity index is 1140. The van der Waals surface area contributed by atoms with Crippen molar-refractivity contribution in [3.05, 3.63) is 48.0 Å². The van der Waals surface area contributed by atoms with Crippen molar-refractivity contribution in [3.63, 3.8) is 0 Å². The summed E-state index contributed by atoms with van der Waals surface area (Å²) in [6.07, 6.45) is 13.1. The SMILES string of the molecule is C=C(C)[C@H]1CC[C@]2(C)CC[C@]3(C)C(CC[C@@H]4[C@@]5(C)CC[C@H](OC(=O)c6ccccc6)C(C)(C)[C@H]5CC[C@]43C)[C@H]12. The summed E-state index contributed by atoms with van der Waals surface area (Å²) in [5, 5.41) is 0. The third-order valence-corrected chi connectivity index (χ3v) is 14.7. The highest BCUT2D eigenvalue weighted by Crippen LogP contribution is 2.77. The molecule has 2 heteroatoms. The van der Waals surface area contributed by atoms with Crippen molar-refractivity contribution in [2.45, 2.75) is 119 Å². The first-order valence-corrected chi connectivity index (χ1v) is 16.2. The van der Waals surface area contributed by atoms with E-state index in [1.165, 1.54) is 63.4 Å². The largest absolute Gasteiger partial charge is 0.458 e. The molecule has 0 aliphatic heterocycles. The van der Waals surface area contributed by atoms with Crippen molar-refractivity contribution in [2.24, 2.45) is 56.7 Å². The quantitative estimate of drug-likeness (QED) is 0.287. The van der Waals surface area contributed by atoms with Crippen LogP contribution in [0.2, 0.25) is 0 Å². The van der Waals surface area contributed by atoms with Gasteiger partial charge in [-0.2, -0.15) is 0 Å². The number of fused-ring (bicyclic) bond motifs is 7. The van der Waals surface area contributed by atoms with Crippen LogP contribution in [0.4, 0.5) is 0 Å². The van der Waals surface area contributed by atoms with Gasteiger partial charge in [0.05, 0.1) is 5.56 Å². The lowest BCUT2D eigenvalue weighted by molar-refractivity contribution is -0.246. The Kier molecular flexibility index (Phi) is 6.34. The van der Waals surface area contributed by atoms with Crippen molar-refractivity contribution in [1.29, 1.82) is 0 Å². The number of carbonyl (C=O) groups excluding carboxylic acids is 1. The molecule has 10 atom stereocenters. The van der Waals surface area contributed by atoms with Gasteiger partial charge in [0.2, 0.25) is 0 Å². The first-order chi connectivity index (χ1) is 18.3. The van der Waals surface area contributed by atoms with Gasteiger partial charge in [-0.15, -0.1) is 0 Å². The van der Waals surface area contributed by atoms with Crippen LogP contribution in [-0.4, -0.2) is 12.1 Å². The van der Waals surface area contributed by atoms with E-state index in [9.17, 15) is 4.79 Å². The van der Waals surface area contributed by atoms with E-state index in [1.807, 2.05) is 30.3 Å². The van der Waals surface area contributed by atoms with Crippen LogP contribution in [0.5, 0.6) is 0 Å². The molecule has 1 unspecified atom stereocenters. The highest BCUT2D eigenvalue weighted by atomic mass is 16.5. The molecule has 5 fully saturated rings. The van der Waals surface area contributed by atoms with E-state index in [1.54, 1.807) is 0 Å². The van der Waals surface area contributed by atoms with Gasteiger partial charge in [-0.3, -0.25) is 0 Å². The summed E-state index contributed by atoms with van der Waals surface area (Å²) in [6, 6.07) is 9.57. The topological polar surface area (TPSA) is 26.3 Å². The van der Waals surface area contributed by atoms with Crippen molar-refractivity contribution >= 4 is 5.97 Å². The second kappa shape index (κ2) is 8.96. The van der Waals surface area contributed by atoms with Gasteiger partial charge in [0.25, 0.3) is 0 Å². The molecule has 0 aromatic heterocycles. The lowest BCUT2D eigenvalue weighted by Crippen LogP contribution is -2.66. The van der Waals surface area contributed by atoms with Crippen molar-refractivity contribution in [2.75, 3.05) is 0 Å². The van der Waals surface area contributed by atoms with Gasteiger partial charge in [0.15, 0.2) is 0 Å². The van der Waals surface area contributed by atoms with Gasteiger partial charge in [-0.25, -0.2) is 4.79 Å².